The number of anilines is 1. The van der Waals surface area contributed by atoms with E-state index in [4.69, 9.17) is 9.47 Å². The van der Waals surface area contributed by atoms with E-state index in [9.17, 15) is 4.79 Å². The van der Waals surface area contributed by atoms with Crippen LogP contribution in [0.2, 0.25) is 0 Å². The Bertz CT molecular complexity index is 1050. The molecule has 30 heavy (non-hydrogen) atoms. The van der Waals surface area contributed by atoms with Gasteiger partial charge >= 0.3 is 6.03 Å². The molecule has 2 amide bonds. The monoisotopic (exact) mass is 406 g/mol. The van der Waals surface area contributed by atoms with Crippen LogP contribution in [-0.2, 0) is 26.6 Å². The zero-order chi connectivity index (χ0) is 21.1. The number of hydrogen-bond acceptors (Lipinski definition) is 4. The van der Waals surface area contributed by atoms with Gasteiger partial charge in [0.1, 0.15) is 23.8 Å². The first-order valence-corrected chi connectivity index (χ1v) is 9.97. The van der Waals surface area contributed by atoms with E-state index in [0.717, 1.165) is 46.1 Å². The van der Waals surface area contributed by atoms with Gasteiger partial charge in [0, 0.05) is 37.0 Å². The molecule has 0 bridgehead atoms. The second-order valence-corrected chi connectivity index (χ2v) is 7.38. The standard InChI is InChI=1S/C23H26N4O3/c1-16-13-18(29-3)9-10-20(16)24-23(28)27-12-11-22-19(14-27)21(25-26(22)2)15-30-17-7-5-4-6-8-17/h4-10,13H,11-12,14-15H2,1-3H3,(H,24,28). The molecular formula is C23H26N4O3. The first kappa shape index (κ1) is 19.8. The van der Waals surface area contributed by atoms with Gasteiger partial charge in [-0.1, -0.05) is 18.2 Å². The fourth-order valence-electron chi connectivity index (χ4n) is 3.73. The zero-order valence-corrected chi connectivity index (χ0v) is 17.5. The number of carbonyl (C=O) groups excluding carboxylic acids is 1. The molecule has 0 saturated heterocycles. The number of rotatable bonds is 5. The molecule has 4 rings (SSSR count). The van der Waals surface area contributed by atoms with Crippen molar-refractivity contribution in [3.63, 3.8) is 0 Å². The van der Waals surface area contributed by atoms with Crippen LogP contribution in [0.5, 0.6) is 11.5 Å². The average Bonchev–Trinajstić information content (AvgIpc) is 3.09. The molecule has 1 aliphatic heterocycles. The summed E-state index contributed by atoms with van der Waals surface area (Å²) in [5.41, 5.74) is 4.84. The minimum atomic E-state index is -0.118. The topological polar surface area (TPSA) is 68.6 Å². The number of ether oxygens (including phenoxy) is 2. The molecular weight excluding hydrogens is 380 g/mol. The lowest BCUT2D eigenvalue weighted by Gasteiger charge is -2.28. The highest BCUT2D eigenvalue weighted by Crippen LogP contribution is 2.25. The fraction of sp³-hybridized carbons (Fsp3) is 0.304. The van der Waals surface area contributed by atoms with E-state index in [-0.39, 0.29) is 6.03 Å². The molecule has 7 nitrogen and oxygen atoms in total. The third kappa shape index (κ3) is 4.10. The third-order valence-corrected chi connectivity index (χ3v) is 5.41. The number of nitrogens with zero attached hydrogens (tertiary/aromatic N) is 3. The first-order chi connectivity index (χ1) is 14.5. The van der Waals surface area contributed by atoms with Crippen molar-refractivity contribution in [2.24, 2.45) is 7.05 Å². The van der Waals surface area contributed by atoms with Crippen molar-refractivity contribution in [1.29, 1.82) is 0 Å². The number of methoxy groups -OCH3 is 1. The van der Waals surface area contributed by atoms with Crippen LogP contribution in [0, 0.1) is 6.92 Å². The maximum Gasteiger partial charge on any atom is 0.322 e. The lowest BCUT2D eigenvalue weighted by Crippen LogP contribution is -2.39. The molecule has 1 aliphatic rings. The van der Waals surface area contributed by atoms with E-state index in [1.54, 1.807) is 7.11 Å². The summed E-state index contributed by atoms with van der Waals surface area (Å²) in [5.74, 6) is 1.57. The molecule has 3 aromatic rings. The maximum absolute atomic E-state index is 12.9. The van der Waals surface area contributed by atoms with Crippen molar-refractivity contribution < 1.29 is 14.3 Å². The highest BCUT2D eigenvalue weighted by Gasteiger charge is 2.27. The summed E-state index contributed by atoms with van der Waals surface area (Å²) in [7, 11) is 3.58. The number of nitrogens with one attached hydrogen (secondary N) is 1. The van der Waals surface area contributed by atoms with Gasteiger partial charge in [-0.05, 0) is 42.8 Å². The molecule has 2 aromatic carbocycles. The lowest BCUT2D eigenvalue weighted by molar-refractivity contribution is 0.205. The molecule has 156 valence electrons. The second kappa shape index (κ2) is 8.49. The molecule has 1 aromatic heterocycles. The smallest absolute Gasteiger partial charge is 0.322 e. The minimum absolute atomic E-state index is 0.118. The van der Waals surface area contributed by atoms with Gasteiger partial charge in [0.2, 0.25) is 0 Å². The number of benzene rings is 2. The average molecular weight is 406 g/mol. The number of aromatic nitrogens is 2. The van der Waals surface area contributed by atoms with Crippen LogP contribution >= 0.6 is 0 Å². The minimum Gasteiger partial charge on any atom is -0.497 e. The molecule has 0 fully saturated rings. The molecule has 0 atom stereocenters. The Labute approximate surface area is 176 Å². The number of amides is 2. The first-order valence-electron chi connectivity index (χ1n) is 9.97. The Kier molecular flexibility index (Phi) is 5.61. The number of para-hydroxylation sites is 1. The van der Waals surface area contributed by atoms with Crippen LogP contribution in [0.25, 0.3) is 0 Å². The maximum atomic E-state index is 12.9. The molecule has 0 aliphatic carbocycles. The van der Waals surface area contributed by atoms with Crippen molar-refractivity contribution in [3.8, 4) is 11.5 Å². The van der Waals surface area contributed by atoms with E-state index < -0.39 is 0 Å². The molecule has 1 N–H and O–H groups in total. The number of fused-ring (bicyclic) bond motifs is 1. The lowest BCUT2D eigenvalue weighted by atomic mass is 10.1. The summed E-state index contributed by atoms with van der Waals surface area (Å²) >= 11 is 0. The van der Waals surface area contributed by atoms with Crippen LogP contribution < -0.4 is 14.8 Å². The number of hydrogen-bond donors (Lipinski definition) is 1. The van der Waals surface area contributed by atoms with E-state index in [0.29, 0.717) is 19.7 Å². The largest absolute Gasteiger partial charge is 0.497 e. The highest BCUT2D eigenvalue weighted by molar-refractivity contribution is 5.90. The normalized spacial score (nSPS) is 13.0. The van der Waals surface area contributed by atoms with Crippen molar-refractivity contribution in [1.82, 2.24) is 14.7 Å². The van der Waals surface area contributed by atoms with Crippen LogP contribution in [-0.4, -0.2) is 34.4 Å². The van der Waals surface area contributed by atoms with Gasteiger partial charge in [0.15, 0.2) is 0 Å². The van der Waals surface area contributed by atoms with Gasteiger partial charge < -0.3 is 19.7 Å². The summed E-state index contributed by atoms with van der Waals surface area (Å²) in [4.78, 5) is 14.7. The highest BCUT2D eigenvalue weighted by atomic mass is 16.5. The molecule has 0 unspecified atom stereocenters. The van der Waals surface area contributed by atoms with Crippen molar-refractivity contribution in [2.75, 3.05) is 19.0 Å². The quantitative estimate of drug-likeness (QED) is 0.698. The molecule has 2 heterocycles. The van der Waals surface area contributed by atoms with E-state index in [1.807, 2.05) is 72.1 Å². The predicted octanol–water partition coefficient (Wildman–Crippen LogP) is 3.91. The zero-order valence-electron chi connectivity index (χ0n) is 17.5. The van der Waals surface area contributed by atoms with Crippen LogP contribution in [0.15, 0.2) is 48.5 Å². The summed E-state index contributed by atoms with van der Waals surface area (Å²) in [6.07, 6.45) is 0.763. The Morgan fingerprint density at radius 3 is 2.70 bits per heavy atom. The number of aryl methyl sites for hydroxylation is 2. The summed E-state index contributed by atoms with van der Waals surface area (Å²) in [6.45, 7) is 3.48. The van der Waals surface area contributed by atoms with Gasteiger partial charge in [-0.2, -0.15) is 5.10 Å². The van der Waals surface area contributed by atoms with Gasteiger partial charge in [0.05, 0.1) is 13.7 Å². The summed E-state index contributed by atoms with van der Waals surface area (Å²) in [5, 5.41) is 7.66. The number of urea groups is 1. The molecule has 7 heteroatoms. The van der Waals surface area contributed by atoms with E-state index in [1.165, 1.54) is 0 Å². The van der Waals surface area contributed by atoms with Crippen LogP contribution in [0.1, 0.15) is 22.5 Å². The Hall–Kier alpha value is -3.48. The van der Waals surface area contributed by atoms with Crippen molar-refractivity contribution in [3.05, 3.63) is 71.0 Å². The summed E-state index contributed by atoms with van der Waals surface area (Å²) < 4.78 is 13.0. The SMILES string of the molecule is COc1ccc(NC(=O)N2CCc3c(c(COc4ccccc4)nn3C)C2)c(C)c1. The van der Waals surface area contributed by atoms with Gasteiger partial charge in [-0.25, -0.2) is 4.79 Å². The van der Waals surface area contributed by atoms with Gasteiger partial charge in [-0.3, -0.25) is 4.68 Å². The number of carbonyl (C=O) groups is 1. The third-order valence-electron chi connectivity index (χ3n) is 5.41. The second-order valence-electron chi connectivity index (χ2n) is 7.38. The molecule has 0 radical (unpaired) electrons. The Balaban J connectivity index is 1.46. The fourth-order valence-corrected chi connectivity index (χ4v) is 3.73. The van der Waals surface area contributed by atoms with Crippen LogP contribution in [0.3, 0.4) is 0 Å². The molecule has 0 saturated carbocycles. The Morgan fingerprint density at radius 1 is 1.17 bits per heavy atom. The van der Waals surface area contributed by atoms with Crippen molar-refractivity contribution >= 4 is 11.7 Å². The van der Waals surface area contributed by atoms with Crippen LogP contribution in [0.4, 0.5) is 10.5 Å². The van der Waals surface area contributed by atoms with E-state index in [2.05, 4.69) is 10.4 Å². The Morgan fingerprint density at radius 2 is 1.97 bits per heavy atom. The van der Waals surface area contributed by atoms with Crippen molar-refractivity contribution in [2.45, 2.75) is 26.5 Å². The predicted molar refractivity (Wildman–Crippen MR) is 115 cm³/mol. The van der Waals surface area contributed by atoms with E-state index >= 15 is 0 Å². The van der Waals surface area contributed by atoms with Gasteiger partial charge in [0.25, 0.3) is 0 Å². The summed E-state index contributed by atoms with van der Waals surface area (Å²) in [6, 6.07) is 15.2. The van der Waals surface area contributed by atoms with Gasteiger partial charge in [-0.15, -0.1) is 0 Å². The molecule has 0 spiro atoms.